The zero-order valence-electron chi connectivity index (χ0n) is 9.46. The summed E-state index contributed by atoms with van der Waals surface area (Å²) in [7, 11) is 0. The normalized spacial score (nSPS) is 13.5. The number of alkyl halides is 3. The fraction of sp³-hybridized carbons (Fsp3) is 0.545. The summed E-state index contributed by atoms with van der Waals surface area (Å²) < 4.78 is 37.1. The minimum Gasteiger partial charge on any atom is -0.393 e. The number of pyridine rings is 1. The molecule has 3 nitrogen and oxygen atoms in total. The molecule has 1 heterocycles. The van der Waals surface area contributed by atoms with Crippen molar-refractivity contribution in [2.75, 3.05) is 11.9 Å². The average molecular weight is 248 g/mol. The molecular weight excluding hydrogens is 233 g/mol. The third kappa shape index (κ3) is 4.60. The van der Waals surface area contributed by atoms with Crippen molar-refractivity contribution in [3.05, 3.63) is 23.9 Å². The van der Waals surface area contributed by atoms with Gasteiger partial charge in [-0.3, -0.25) is 0 Å². The number of anilines is 1. The van der Waals surface area contributed by atoms with Gasteiger partial charge in [0.15, 0.2) is 0 Å². The summed E-state index contributed by atoms with van der Waals surface area (Å²) >= 11 is 0. The molecule has 0 aromatic carbocycles. The highest BCUT2D eigenvalue weighted by atomic mass is 19.4. The maximum absolute atomic E-state index is 12.4. The van der Waals surface area contributed by atoms with Gasteiger partial charge in [-0.05, 0) is 25.0 Å². The van der Waals surface area contributed by atoms with Gasteiger partial charge in [0.25, 0.3) is 0 Å². The van der Waals surface area contributed by atoms with Crippen molar-refractivity contribution in [3.63, 3.8) is 0 Å². The Balaban J connectivity index is 2.55. The Morgan fingerprint density at radius 3 is 2.76 bits per heavy atom. The monoisotopic (exact) mass is 248 g/mol. The largest absolute Gasteiger partial charge is 0.416 e. The van der Waals surface area contributed by atoms with Gasteiger partial charge in [-0.15, -0.1) is 0 Å². The van der Waals surface area contributed by atoms with E-state index in [1.165, 1.54) is 0 Å². The van der Waals surface area contributed by atoms with Crippen LogP contribution in [0.4, 0.5) is 19.0 Å². The van der Waals surface area contributed by atoms with E-state index in [-0.39, 0.29) is 5.82 Å². The zero-order valence-corrected chi connectivity index (χ0v) is 9.46. The number of nitrogens with zero attached hydrogens (tertiary/aromatic N) is 1. The molecule has 96 valence electrons. The van der Waals surface area contributed by atoms with Crippen LogP contribution in [0.15, 0.2) is 18.3 Å². The molecule has 0 aliphatic heterocycles. The first-order valence-corrected chi connectivity index (χ1v) is 5.38. The number of nitrogens with one attached hydrogen (secondary N) is 1. The van der Waals surface area contributed by atoms with Gasteiger partial charge in [-0.1, -0.05) is 6.92 Å². The molecule has 0 fully saturated rings. The lowest BCUT2D eigenvalue weighted by atomic mass is 10.2. The Bertz CT molecular complexity index is 355. The average Bonchev–Trinajstić information content (AvgIpc) is 2.28. The number of hydrogen-bond acceptors (Lipinski definition) is 3. The Labute approximate surface area is 97.7 Å². The number of aliphatic hydroxyl groups is 1. The molecule has 1 atom stereocenters. The quantitative estimate of drug-likeness (QED) is 0.842. The molecule has 6 heteroatoms. The van der Waals surface area contributed by atoms with E-state index in [2.05, 4.69) is 10.3 Å². The van der Waals surface area contributed by atoms with E-state index in [1.54, 1.807) is 0 Å². The molecule has 17 heavy (non-hydrogen) atoms. The van der Waals surface area contributed by atoms with Crippen molar-refractivity contribution in [1.82, 2.24) is 4.98 Å². The molecule has 0 bridgehead atoms. The van der Waals surface area contributed by atoms with Crippen LogP contribution in [-0.2, 0) is 6.18 Å². The smallest absolute Gasteiger partial charge is 0.393 e. The molecule has 0 radical (unpaired) electrons. The van der Waals surface area contributed by atoms with Gasteiger partial charge in [-0.2, -0.15) is 13.2 Å². The molecule has 0 saturated carbocycles. The van der Waals surface area contributed by atoms with Gasteiger partial charge in [0, 0.05) is 12.7 Å². The standard InChI is InChI=1S/C11H15F3N2O/c1-2-9(17)4-6-16-10-7-8(3-5-15-10)11(12,13)14/h3,5,7,9,17H,2,4,6H2,1H3,(H,15,16). The summed E-state index contributed by atoms with van der Waals surface area (Å²) in [6, 6.07) is 1.88. The van der Waals surface area contributed by atoms with Crippen molar-refractivity contribution in [2.45, 2.75) is 32.0 Å². The van der Waals surface area contributed by atoms with E-state index in [9.17, 15) is 18.3 Å². The summed E-state index contributed by atoms with van der Waals surface area (Å²) in [5.41, 5.74) is -0.731. The Kier molecular flexibility index (Phi) is 4.74. The van der Waals surface area contributed by atoms with Crippen LogP contribution < -0.4 is 5.32 Å². The molecule has 2 N–H and O–H groups in total. The van der Waals surface area contributed by atoms with Crippen molar-refractivity contribution in [2.24, 2.45) is 0 Å². The van der Waals surface area contributed by atoms with Gasteiger partial charge in [0.2, 0.25) is 0 Å². The van der Waals surface area contributed by atoms with Crippen molar-refractivity contribution < 1.29 is 18.3 Å². The van der Waals surface area contributed by atoms with Gasteiger partial charge < -0.3 is 10.4 Å². The van der Waals surface area contributed by atoms with Gasteiger partial charge >= 0.3 is 6.18 Å². The first-order valence-electron chi connectivity index (χ1n) is 5.38. The van der Waals surface area contributed by atoms with Crippen LogP contribution in [0.1, 0.15) is 25.3 Å². The molecular formula is C11H15F3N2O. The predicted octanol–water partition coefficient (Wildman–Crippen LogP) is 2.67. The van der Waals surface area contributed by atoms with E-state index in [0.29, 0.717) is 19.4 Å². The molecule has 0 spiro atoms. The Morgan fingerprint density at radius 1 is 1.47 bits per heavy atom. The van der Waals surface area contributed by atoms with Crippen LogP contribution in [0.2, 0.25) is 0 Å². The SMILES string of the molecule is CCC(O)CCNc1cc(C(F)(F)F)ccn1. The van der Waals surface area contributed by atoms with Crippen LogP contribution in [0.25, 0.3) is 0 Å². The van der Waals surface area contributed by atoms with E-state index < -0.39 is 17.8 Å². The Morgan fingerprint density at radius 2 is 2.18 bits per heavy atom. The second-order valence-electron chi connectivity index (χ2n) is 3.71. The number of rotatable bonds is 5. The molecule has 1 rings (SSSR count). The van der Waals surface area contributed by atoms with Crippen molar-refractivity contribution in [3.8, 4) is 0 Å². The number of halogens is 3. The molecule has 0 aliphatic rings. The van der Waals surface area contributed by atoms with Gasteiger partial charge in [0.05, 0.1) is 11.7 Å². The summed E-state index contributed by atoms with van der Waals surface area (Å²) in [6.07, 6.45) is -2.58. The van der Waals surface area contributed by atoms with Crippen LogP contribution >= 0.6 is 0 Å². The minimum atomic E-state index is -4.36. The summed E-state index contributed by atoms with van der Waals surface area (Å²) in [6.45, 7) is 2.23. The molecule has 0 saturated heterocycles. The highest BCUT2D eigenvalue weighted by Gasteiger charge is 2.30. The highest BCUT2D eigenvalue weighted by molar-refractivity contribution is 5.38. The highest BCUT2D eigenvalue weighted by Crippen LogP contribution is 2.29. The molecule has 0 amide bonds. The number of aromatic nitrogens is 1. The number of hydrogen-bond donors (Lipinski definition) is 2. The molecule has 0 aliphatic carbocycles. The second kappa shape index (κ2) is 5.86. The van der Waals surface area contributed by atoms with Gasteiger partial charge in [-0.25, -0.2) is 4.98 Å². The summed E-state index contributed by atoms with van der Waals surface area (Å²) in [4.78, 5) is 3.78. The lowest BCUT2D eigenvalue weighted by molar-refractivity contribution is -0.137. The fourth-order valence-corrected chi connectivity index (χ4v) is 1.27. The Hall–Kier alpha value is -1.30. The zero-order chi connectivity index (χ0) is 12.9. The van der Waals surface area contributed by atoms with Crippen molar-refractivity contribution in [1.29, 1.82) is 0 Å². The maximum Gasteiger partial charge on any atom is 0.416 e. The first kappa shape index (κ1) is 13.8. The molecule has 1 aromatic rings. The molecule has 1 unspecified atom stereocenters. The lowest BCUT2D eigenvalue weighted by Gasteiger charge is -2.11. The van der Waals surface area contributed by atoms with Crippen LogP contribution in [0.5, 0.6) is 0 Å². The van der Waals surface area contributed by atoms with E-state index in [0.717, 1.165) is 18.3 Å². The van der Waals surface area contributed by atoms with Crippen molar-refractivity contribution >= 4 is 5.82 Å². The summed E-state index contributed by atoms with van der Waals surface area (Å²) in [5, 5.41) is 12.0. The van der Waals surface area contributed by atoms with Gasteiger partial charge in [0.1, 0.15) is 5.82 Å². The summed E-state index contributed by atoms with van der Waals surface area (Å²) in [5.74, 6) is 0.170. The van der Waals surface area contributed by atoms with E-state index in [4.69, 9.17) is 0 Å². The van der Waals surface area contributed by atoms with Crippen LogP contribution in [-0.4, -0.2) is 22.7 Å². The molecule has 1 aromatic heterocycles. The second-order valence-corrected chi connectivity index (χ2v) is 3.71. The lowest BCUT2D eigenvalue weighted by Crippen LogP contribution is -2.13. The van der Waals surface area contributed by atoms with Crippen LogP contribution in [0, 0.1) is 0 Å². The number of aliphatic hydroxyl groups excluding tert-OH is 1. The fourth-order valence-electron chi connectivity index (χ4n) is 1.27. The minimum absolute atomic E-state index is 0.170. The predicted molar refractivity (Wildman–Crippen MR) is 58.6 cm³/mol. The van der Waals surface area contributed by atoms with E-state index in [1.807, 2.05) is 6.92 Å². The van der Waals surface area contributed by atoms with Crippen LogP contribution in [0.3, 0.4) is 0 Å². The van der Waals surface area contributed by atoms with E-state index >= 15 is 0 Å². The first-order chi connectivity index (χ1) is 7.93. The maximum atomic E-state index is 12.4. The third-order valence-corrected chi connectivity index (χ3v) is 2.34. The third-order valence-electron chi connectivity index (χ3n) is 2.34. The topological polar surface area (TPSA) is 45.1 Å².